The van der Waals surface area contributed by atoms with Crippen molar-refractivity contribution >= 4 is 11.9 Å². The van der Waals surface area contributed by atoms with E-state index < -0.39 is 46.0 Å². The van der Waals surface area contributed by atoms with Crippen LogP contribution in [-0.2, 0) is 37.3 Å². The van der Waals surface area contributed by atoms with Crippen molar-refractivity contribution in [2.24, 2.45) is 17.3 Å². The summed E-state index contributed by atoms with van der Waals surface area (Å²) >= 11 is 0. The van der Waals surface area contributed by atoms with Gasteiger partial charge in [0.05, 0.1) is 5.92 Å². The number of aromatic hydroxyl groups is 1. The SMILES string of the molecule is CCCc1cc(CCC(=O)OCCN2C(C)(C)C(CCC)C(O)(OC(=O)C(C)c3ccccc3)C(C(C)(C)C)C2(C)C)cc(C(C)(C)C)c1O. The van der Waals surface area contributed by atoms with Crippen LogP contribution in [0.4, 0.5) is 0 Å². The highest BCUT2D eigenvalue weighted by molar-refractivity contribution is 5.78. The molecule has 1 heterocycles. The number of nitrogens with zero attached hydrogens (tertiary/aromatic N) is 1. The third-order valence-corrected chi connectivity index (χ3v) is 11.0. The van der Waals surface area contributed by atoms with Crippen LogP contribution in [0.3, 0.4) is 0 Å². The first-order valence-corrected chi connectivity index (χ1v) is 18.8. The molecule has 0 radical (unpaired) electrons. The van der Waals surface area contributed by atoms with E-state index in [0.29, 0.717) is 25.1 Å². The molecule has 0 saturated carbocycles. The van der Waals surface area contributed by atoms with Gasteiger partial charge in [-0.1, -0.05) is 111 Å². The first-order valence-electron chi connectivity index (χ1n) is 18.8. The van der Waals surface area contributed by atoms with E-state index in [2.05, 4.69) is 88.0 Å². The van der Waals surface area contributed by atoms with Crippen molar-refractivity contribution in [1.82, 2.24) is 4.90 Å². The fraction of sp³-hybridized carbons (Fsp3) is 0.674. The zero-order valence-electron chi connectivity index (χ0n) is 33.4. The number of piperidine rings is 1. The van der Waals surface area contributed by atoms with Crippen LogP contribution in [0.1, 0.15) is 144 Å². The maximum Gasteiger partial charge on any atom is 0.315 e. The number of phenols is 1. The molecular formula is C43H67NO6. The monoisotopic (exact) mass is 693 g/mol. The van der Waals surface area contributed by atoms with E-state index in [4.69, 9.17) is 9.47 Å². The van der Waals surface area contributed by atoms with Gasteiger partial charge >= 0.3 is 11.9 Å². The Kier molecular flexibility index (Phi) is 13.1. The number of ether oxygens (including phenoxy) is 2. The number of carbonyl (C=O) groups is 2. The third kappa shape index (κ3) is 8.93. The summed E-state index contributed by atoms with van der Waals surface area (Å²) in [6.07, 6.45) is 3.93. The number of phenolic OH excluding ortho intramolecular Hbond substituents is 1. The van der Waals surface area contributed by atoms with Gasteiger partial charge in [-0.05, 0) is 87.0 Å². The minimum absolute atomic E-state index is 0.203. The zero-order chi connectivity index (χ0) is 37.9. The number of likely N-dealkylation sites (tertiary alicyclic amines) is 1. The average molecular weight is 694 g/mol. The van der Waals surface area contributed by atoms with Crippen molar-refractivity contribution in [3.05, 3.63) is 64.7 Å². The highest BCUT2D eigenvalue weighted by atomic mass is 16.7. The van der Waals surface area contributed by atoms with Crippen molar-refractivity contribution in [2.45, 2.75) is 157 Å². The van der Waals surface area contributed by atoms with E-state index in [1.807, 2.05) is 49.4 Å². The summed E-state index contributed by atoms with van der Waals surface area (Å²) in [4.78, 5) is 29.3. The number of rotatable bonds is 13. The normalized spacial score (nSPS) is 22.9. The summed E-state index contributed by atoms with van der Waals surface area (Å²) in [6.45, 7) is 27.7. The molecule has 1 saturated heterocycles. The van der Waals surface area contributed by atoms with Crippen molar-refractivity contribution in [1.29, 1.82) is 0 Å². The van der Waals surface area contributed by atoms with Crippen molar-refractivity contribution in [3.63, 3.8) is 0 Å². The van der Waals surface area contributed by atoms with Crippen molar-refractivity contribution < 1.29 is 29.3 Å². The van der Waals surface area contributed by atoms with Gasteiger partial charge in [0.25, 0.3) is 0 Å². The van der Waals surface area contributed by atoms with Gasteiger partial charge in [-0.25, -0.2) is 0 Å². The Balaban J connectivity index is 1.84. The van der Waals surface area contributed by atoms with Crippen LogP contribution in [0.5, 0.6) is 5.75 Å². The number of esters is 2. The Bertz CT molecular complexity index is 1450. The maximum atomic E-state index is 13.8. The molecule has 0 bridgehead atoms. The summed E-state index contributed by atoms with van der Waals surface area (Å²) < 4.78 is 12.3. The Morgan fingerprint density at radius 1 is 0.920 bits per heavy atom. The number of aliphatic hydroxyl groups is 1. The second-order valence-electron chi connectivity index (χ2n) is 17.8. The molecule has 2 N–H and O–H groups in total. The molecule has 1 aliphatic heterocycles. The van der Waals surface area contributed by atoms with Crippen LogP contribution in [0.2, 0.25) is 0 Å². The van der Waals surface area contributed by atoms with Gasteiger partial charge in [0, 0.05) is 35.9 Å². The second-order valence-corrected chi connectivity index (χ2v) is 17.8. The molecule has 0 aromatic heterocycles. The quantitative estimate of drug-likeness (QED) is 0.160. The molecule has 280 valence electrons. The Hall–Kier alpha value is -2.90. The molecule has 50 heavy (non-hydrogen) atoms. The largest absolute Gasteiger partial charge is 0.507 e. The van der Waals surface area contributed by atoms with Gasteiger partial charge in [-0.3, -0.25) is 14.5 Å². The van der Waals surface area contributed by atoms with Crippen LogP contribution < -0.4 is 0 Å². The van der Waals surface area contributed by atoms with Gasteiger partial charge in [0.2, 0.25) is 5.79 Å². The van der Waals surface area contributed by atoms with Gasteiger partial charge in [-0.15, -0.1) is 0 Å². The molecule has 4 atom stereocenters. The lowest BCUT2D eigenvalue weighted by atomic mass is 9.54. The molecule has 7 heteroatoms. The number of hydrogen-bond acceptors (Lipinski definition) is 7. The number of benzene rings is 2. The second kappa shape index (κ2) is 15.8. The molecule has 4 unspecified atom stereocenters. The molecule has 0 spiro atoms. The fourth-order valence-electron chi connectivity index (χ4n) is 9.17. The summed E-state index contributed by atoms with van der Waals surface area (Å²) in [5.41, 5.74) is 1.78. The van der Waals surface area contributed by atoms with Gasteiger partial charge in [0.15, 0.2) is 0 Å². The van der Waals surface area contributed by atoms with Crippen LogP contribution >= 0.6 is 0 Å². The van der Waals surface area contributed by atoms with Gasteiger partial charge in [-0.2, -0.15) is 0 Å². The summed E-state index contributed by atoms with van der Waals surface area (Å²) in [7, 11) is 0. The average Bonchev–Trinajstić information content (AvgIpc) is 2.99. The smallest absolute Gasteiger partial charge is 0.315 e. The lowest BCUT2D eigenvalue weighted by Gasteiger charge is -2.67. The van der Waals surface area contributed by atoms with E-state index in [9.17, 15) is 19.8 Å². The van der Waals surface area contributed by atoms with E-state index >= 15 is 0 Å². The number of hydrogen-bond donors (Lipinski definition) is 2. The van der Waals surface area contributed by atoms with Crippen LogP contribution in [-0.4, -0.2) is 57.1 Å². The first kappa shape index (κ1) is 41.5. The molecule has 2 aromatic carbocycles. The van der Waals surface area contributed by atoms with Crippen LogP contribution in [0, 0.1) is 17.3 Å². The highest BCUT2D eigenvalue weighted by Crippen LogP contribution is 2.58. The van der Waals surface area contributed by atoms with Crippen molar-refractivity contribution in [3.8, 4) is 5.75 Å². The van der Waals surface area contributed by atoms with Crippen LogP contribution in [0.15, 0.2) is 42.5 Å². The minimum Gasteiger partial charge on any atom is -0.507 e. The van der Waals surface area contributed by atoms with E-state index in [-0.39, 0.29) is 24.4 Å². The Morgan fingerprint density at radius 3 is 2.08 bits per heavy atom. The Morgan fingerprint density at radius 2 is 1.54 bits per heavy atom. The van der Waals surface area contributed by atoms with E-state index in [1.165, 1.54) is 0 Å². The molecule has 7 nitrogen and oxygen atoms in total. The predicted octanol–water partition coefficient (Wildman–Crippen LogP) is 9.10. The molecular weight excluding hydrogens is 626 g/mol. The van der Waals surface area contributed by atoms with E-state index in [1.54, 1.807) is 0 Å². The summed E-state index contributed by atoms with van der Waals surface area (Å²) in [5.74, 6) is -3.47. The fourth-order valence-corrected chi connectivity index (χ4v) is 9.17. The third-order valence-electron chi connectivity index (χ3n) is 11.0. The van der Waals surface area contributed by atoms with Crippen LogP contribution in [0.25, 0.3) is 0 Å². The molecule has 1 aliphatic rings. The lowest BCUT2D eigenvalue weighted by molar-refractivity contribution is -0.342. The molecule has 3 rings (SSSR count). The van der Waals surface area contributed by atoms with Gasteiger partial charge < -0.3 is 19.7 Å². The number of carbonyl (C=O) groups excluding carboxylic acids is 2. The standard InChI is InChI=1S/C43H67NO6/c1-14-19-32-27-30(28-33(36(32)46)39(4,5)6)23-24-35(45)49-26-25-44-41(10,11)34(20-15-2)43(48,38(40(7,8)9)42(44,12)13)50-37(47)29(3)31-21-17-16-18-22-31/h16-18,21-22,27-29,34,38,46,48H,14-15,19-20,23-26H2,1-13H3. The molecule has 0 aliphatic carbocycles. The topological polar surface area (TPSA) is 96.3 Å². The minimum atomic E-state index is -1.73. The Labute approximate surface area is 303 Å². The maximum absolute atomic E-state index is 13.8. The summed E-state index contributed by atoms with van der Waals surface area (Å²) in [6, 6.07) is 13.6. The lowest BCUT2D eigenvalue weighted by Crippen LogP contribution is -2.78. The summed E-state index contributed by atoms with van der Waals surface area (Å²) in [5, 5.41) is 23.8. The van der Waals surface area contributed by atoms with Gasteiger partial charge in [0.1, 0.15) is 12.4 Å². The highest BCUT2D eigenvalue weighted by Gasteiger charge is 2.68. The first-order chi connectivity index (χ1) is 23.0. The van der Waals surface area contributed by atoms with E-state index in [0.717, 1.165) is 41.5 Å². The molecule has 2 aromatic rings. The predicted molar refractivity (Wildman–Crippen MR) is 202 cm³/mol. The van der Waals surface area contributed by atoms with Crippen molar-refractivity contribution in [2.75, 3.05) is 13.2 Å². The number of aryl methyl sites for hydroxylation is 2. The molecule has 0 amide bonds. The molecule has 1 fully saturated rings. The zero-order valence-corrected chi connectivity index (χ0v) is 33.4.